The Morgan fingerprint density at radius 3 is 2.67 bits per heavy atom. The van der Waals surface area contributed by atoms with Gasteiger partial charge in [-0.1, -0.05) is 36.7 Å². The second-order valence-corrected chi connectivity index (χ2v) is 4.98. The summed E-state index contributed by atoms with van der Waals surface area (Å²) in [4.78, 5) is 16.8. The first-order valence-electron chi connectivity index (χ1n) is 6.89. The smallest absolute Gasteiger partial charge is 0.321 e. The zero-order valence-corrected chi connectivity index (χ0v) is 13.1. The molecule has 1 aromatic heterocycles. The van der Waals surface area contributed by atoms with Crippen LogP contribution in [-0.2, 0) is 23.0 Å². The molecule has 1 aromatic carbocycles. The van der Waals surface area contributed by atoms with Gasteiger partial charge in [0.2, 0.25) is 0 Å². The second-order valence-electron chi connectivity index (χ2n) is 4.57. The zero-order chi connectivity index (χ0) is 15.4. The fourth-order valence-corrected chi connectivity index (χ4v) is 2.40. The number of aromatic nitrogens is 3. The van der Waals surface area contributed by atoms with Gasteiger partial charge in [0, 0.05) is 18.5 Å². The number of aryl methyl sites for hydroxylation is 2. The van der Waals surface area contributed by atoms with Crippen LogP contribution in [0.4, 0.5) is 0 Å². The molecule has 2 rings (SSSR count). The minimum absolute atomic E-state index is 0.304. The van der Waals surface area contributed by atoms with Crippen molar-refractivity contribution >= 4 is 17.6 Å². The molecule has 1 atom stereocenters. The summed E-state index contributed by atoms with van der Waals surface area (Å²) < 4.78 is 6.80. The maximum atomic E-state index is 12.4. The molecule has 0 aliphatic rings. The average molecular weight is 308 g/mol. The van der Waals surface area contributed by atoms with Gasteiger partial charge in [-0.3, -0.25) is 9.48 Å². The van der Waals surface area contributed by atoms with Gasteiger partial charge in [-0.05, 0) is 18.6 Å². The van der Waals surface area contributed by atoms with Crippen molar-refractivity contribution in [1.82, 2.24) is 14.8 Å². The molecule has 1 heterocycles. The maximum absolute atomic E-state index is 12.4. The molecule has 6 heteroatoms. The van der Waals surface area contributed by atoms with Crippen molar-refractivity contribution in [1.29, 1.82) is 0 Å². The summed E-state index contributed by atoms with van der Waals surface area (Å²) in [7, 11) is 1.77. The van der Waals surface area contributed by atoms with E-state index < -0.39 is 5.92 Å². The lowest BCUT2D eigenvalue weighted by Crippen LogP contribution is -2.21. The Morgan fingerprint density at radius 1 is 1.38 bits per heavy atom. The summed E-state index contributed by atoms with van der Waals surface area (Å²) in [6, 6.07) is 7.22. The van der Waals surface area contributed by atoms with Crippen LogP contribution >= 0.6 is 11.6 Å². The van der Waals surface area contributed by atoms with Gasteiger partial charge >= 0.3 is 5.97 Å². The summed E-state index contributed by atoms with van der Waals surface area (Å²) >= 11 is 6.24. The molecule has 0 fully saturated rings. The van der Waals surface area contributed by atoms with Gasteiger partial charge in [0.15, 0.2) is 5.82 Å². The van der Waals surface area contributed by atoms with Crippen molar-refractivity contribution in [2.75, 3.05) is 6.61 Å². The Bertz CT molecular complexity index is 640. The molecule has 21 heavy (non-hydrogen) atoms. The van der Waals surface area contributed by atoms with E-state index in [9.17, 15) is 4.79 Å². The van der Waals surface area contributed by atoms with Crippen molar-refractivity contribution in [3.8, 4) is 0 Å². The highest BCUT2D eigenvalue weighted by atomic mass is 35.5. The molecule has 0 bridgehead atoms. The largest absolute Gasteiger partial charge is 0.465 e. The number of rotatable bonds is 5. The van der Waals surface area contributed by atoms with Crippen molar-refractivity contribution < 1.29 is 9.53 Å². The highest BCUT2D eigenvalue weighted by Crippen LogP contribution is 2.30. The maximum Gasteiger partial charge on any atom is 0.321 e. The van der Waals surface area contributed by atoms with Crippen LogP contribution in [0.2, 0.25) is 5.02 Å². The van der Waals surface area contributed by atoms with E-state index in [0.29, 0.717) is 35.3 Å². The quantitative estimate of drug-likeness (QED) is 0.797. The van der Waals surface area contributed by atoms with Crippen LogP contribution in [0.1, 0.15) is 37.0 Å². The number of carbonyl (C=O) groups excluding carboxylic acids is 1. The van der Waals surface area contributed by atoms with Crippen LogP contribution in [0.25, 0.3) is 0 Å². The first-order valence-corrected chi connectivity index (χ1v) is 7.27. The molecular formula is C15H18ClN3O2. The number of benzene rings is 1. The number of esters is 1. The fraction of sp³-hybridized carbons (Fsp3) is 0.400. The van der Waals surface area contributed by atoms with Gasteiger partial charge in [-0.25, -0.2) is 4.98 Å². The third kappa shape index (κ3) is 3.24. The molecule has 0 N–H and O–H groups in total. The van der Waals surface area contributed by atoms with Gasteiger partial charge in [0.1, 0.15) is 11.7 Å². The molecule has 1 unspecified atom stereocenters. The van der Waals surface area contributed by atoms with Gasteiger partial charge in [-0.15, -0.1) is 0 Å². The summed E-state index contributed by atoms with van der Waals surface area (Å²) in [6.07, 6.45) is 0.700. The standard InChI is InChI=1S/C15H18ClN3O2/c1-4-12-17-14(19(3)18-12)13(15(20)21-5-2)10-8-6-7-9-11(10)16/h6-9,13H,4-5H2,1-3H3. The second kappa shape index (κ2) is 6.72. The summed E-state index contributed by atoms with van der Waals surface area (Å²) in [5.74, 6) is 0.187. The first-order chi connectivity index (χ1) is 10.1. The van der Waals surface area contributed by atoms with Crippen LogP contribution in [-0.4, -0.2) is 27.3 Å². The van der Waals surface area contributed by atoms with Crippen molar-refractivity contribution in [2.24, 2.45) is 7.05 Å². The highest BCUT2D eigenvalue weighted by Gasteiger charge is 2.30. The number of carbonyl (C=O) groups is 1. The van der Waals surface area contributed by atoms with E-state index in [1.807, 2.05) is 25.1 Å². The number of halogens is 1. The molecule has 5 nitrogen and oxygen atoms in total. The highest BCUT2D eigenvalue weighted by molar-refractivity contribution is 6.31. The Kier molecular flexibility index (Phi) is 4.96. The monoisotopic (exact) mass is 307 g/mol. The molecule has 2 aromatic rings. The minimum Gasteiger partial charge on any atom is -0.465 e. The van der Waals surface area contributed by atoms with Crippen LogP contribution < -0.4 is 0 Å². The van der Waals surface area contributed by atoms with Gasteiger partial charge in [0.05, 0.1) is 6.61 Å². The Morgan fingerprint density at radius 2 is 2.10 bits per heavy atom. The number of hydrogen-bond acceptors (Lipinski definition) is 4. The normalized spacial score (nSPS) is 12.2. The number of ether oxygens (including phenoxy) is 1. The van der Waals surface area contributed by atoms with Crippen molar-refractivity contribution in [3.05, 3.63) is 46.5 Å². The molecule has 0 amide bonds. The molecule has 0 spiro atoms. The van der Waals surface area contributed by atoms with E-state index in [1.54, 1.807) is 24.7 Å². The van der Waals surface area contributed by atoms with Crippen LogP contribution in [0.15, 0.2) is 24.3 Å². The predicted octanol–water partition coefficient (Wildman–Crippen LogP) is 2.73. The van der Waals surface area contributed by atoms with Crippen LogP contribution in [0.5, 0.6) is 0 Å². The van der Waals surface area contributed by atoms with E-state index in [-0.39, 0.29) is 5.97 Å². The fourth-order valence-electron chi connectivity index (χ4n) is 2.16. The topological polar surface area (TPSA) is 57.0 Å². The first kappa shape index (κ1) is 15.5. The lowest BCUT2D eigenvalue weighted by Gasteiger charge is -2.16. The van der Waals surface area contributed by atoms with Crippen LogP contribution in [0.3, 0.4) is 0 Å². The molecule has 0 saturated heterocycles. The lowest BCUT2D eigenvalue weighted by molar-refractivity contribution is -0.144. The molecule has 112 valence electrons. The van der Waals surface area contributed by atoms with Crippen molar-refractivity contribution in [2.45, 2.75) is 26.2 Å². The Hall–Kier alpha value is -1.88. The average Bonchev–Trinajstić information content (AvgIpc) is 2.83. The van der Waals surface area contributed by atoms with Crippen LogP contribution in [0, 0.1) is 0 Å². The van der Waals surface area contributed by atoms with E-state index in [4.69, 9.17) is 16.3 Å². The summed E-state index contributed by atoms with van der Waals surface area (Å²) in [5, 5.41) is 4.81. The van der Waals surface area contributed by atoms with E-state index >= 15 is 0 Å². The number of hydrogen-bond donors (Lipinski definition) is 0. The van der Waals surface area contributed by atoms with Gasteiger partial charge < -0.3 is 4.74 Å². The molecule has 0 aliphatic carbocycles. The Labute approximate surface area is 128 Å². The van der Waals surface area contributed by atoms with E-state index in [2.05, 4.69) is 10.1 Å². The van der Waals surface area contributed by atoms with Crippen molar-refractivity contribution in [3.63, 3.8) is 0 Å². The van der Waals surface area contributed by atoms with Gasteiger partial charge in [-0.2, -0.15) is 5.10 Å². The summed E-state index contributed by atoms with van der Waals surface area (Å²) in [6.45, 7) is 4.04. The third-order valence-electron chi connectivity index (χ3n) is 3.15. The van der Waals surface area contributed by atoms with Gasteiger partial charge in [0.25, 0.3) is 0 Å². The summed E-state index contributed by atoms with van der Waals surface area (Å²) in [5.41, 5.74) is 0.677. The minimum atomic E-state index is -0.670. The molecule has 0 radical (unpaired) electrons. The Balaban J connectivity index is 2.53. The van der Waals surface area contributed by atoms with E-state index in [1.165, 1.54) is 0 Å². The molecule has 0 aliphatic heterocycles. The molecular weight excluding hydrogens is 290 g/mol. The SMILES string of the molecule is CCOC(=O)C(c1ccccc1Cl)c1nc(CC)nn1C. The predicted molar refractivity (Wildman–Crippen MR) is 80.3 cm³/mol. The molecule has 0 saturated carbocycles. The lowest BCUT2D eigenvalue weighted by atomic mass is 9.98. The van der Waals surface area contributed by atoms with E-state index in [0.717, 1.165) is 0 Å². The third-order valence-corrected chi connectivity index (χ3v) is 3.50. The number of nitrogens with zero attached hydrogens (tertiary/aromatic N) is 3. The zero-order valence-electron chi connectivity index (χ0n) is 12.3.